The Morgan fingerprint density at radius 3 is 2.46 bits per heavy atom. The average Bonchev–Trinajstić information content (AvgIpc) is 3.23. The van der Waals surface area contributed by atoms with Gasteiger partial charge in [-0.2, -0.15) is 4.98 Å². The normalized spacial score (nSPS) is 16.4. The number of amides is 1. The molecule has 1 aliphatic heterocycles. The first-order chi connectivity index (χ1) is 13.1. The number of aryl methyl sites for hydroxylation is 2. The highest BCUT2D eigenvalue weighted by molar-refractivity contribution is 7.88. The van der Waals surface area contributed by atoms with Crippen molar-refractivity contribution in [2.75, 3.05) is 26.4 Å². The number of hydrogen-bond donors (Lipinski definition) is 0. The molecule has 0 saturated carbocycles. The number of carbonyl (C=O) groups is 1. The van der Waals surface area contributed by atoms with Crippen molar-refractivity contribution in [3.63, 3.8) is 0 Å². The van der Waals surface area contributed by atoms with Crippen LogP contribution in [0.3, 0.4) is 0 Å². The van der Waals surface area contributed by atoms with Crippen molar-refractivity contribution in [3.8, 4) is 0 Å². The molecule has 2 aromatic heterocycles. The second kappa shape index (κ2) is 8.00. The Labute approximate surface area is 163 Å². The molecule has 154 valence electrons. The van der Waals surface area contributed by atoms with Crippen molar-refractivity contribution >= 4 is 15.9 Å². The van der Waals surface area contributed by atoms with Gasteiger partial charge >= 0.3 is 0 Å². The molecular formula is C17H25N5O5S. The Morgan fingerprint density at radius 2 is 1.89 bits per heavy atom. The summed E-state index contributed by atoms with van der Waals surface area (Å²) in [6.45, 7) is 4.68. The van der Waals surface area contributed by atoms with Crippen molar-refractivity contribution in [1.29, 1.82) is 0 Å². The standard InChI is InChI=1S/C17H25N5O5S/c1-11-14(12(2)26-19-11)9-16(23)21(3)10-15-18-17(20-27-15)13-5-7-22(8-6-13)28(4,24)25/h13H,5-10H2,1-4H3. The first kappa shape index (κ1) is 20.5. The maximum atomic E-state index is 12.5. The van der Waals surface area contributed by atoms with E-state index < -0.39 is 10.0 Å². The molecule has 1 aliphatic rings. The fraction of sp³-hybridized carbons (Fsp3) is 0.647. The van der Waals surface area contributed by atoms with E-state index in [1.807, 2.05) is 0 Å². The van der Waals surface area contributed by atoms with Gasteiger partial charge in [0.05, 0.1) is 24.9 Å². The second-order valence-electron chi connectivity index (χ2n) is 7.21. The van der Waals surface area contributed by atoms with Crippen molar-refractivity contribution in [3.05, 3.63) is 28.7 Å². The third-order valence-corrected chi connectivity index (χ3v) is 6.38. The molecule has 1 fully saturated rings. The Hall–Kier alpha value is -2.27. The van der Waals surface area contributed by atoms with Gasteiger partial charge in [0.2, 0.25) is 21.8 Å². The Kier molecular flexibility index (Phi) is 5.84. The third-order valence-electron chi connectivity index (χ3n) is 5.08. The van der Waals surface area contributed by atoms with Crippen LogP contribution < -0.4 is 0 Å². The zero-order chi connectivity index (χ0) is 20.5. The van der Waals surface area contributed by atoms with Gasteiger partial charge in [0.25, 0.3) is 0 Å². The molecule has 3 heterocycles. The summed E-state index contributed by atoms with van der Waals surface area (Å²) in [5, 5.41) is 7.89. The number of nitrogens with zero attached hydrogens (tertiary/aromatic N) is 5. The summed E-state index contributed by atoms with van der Waals surface area (Å²) in [5.41, 5.74) is 1.50. The highest BCUT2D eigenvalue weighted by Crippen LogP contribution is 2.27. The summed E-state index contributed by atoms with van der Waals surface area (Å²) in [6.07, 6.45) is 2.71. The summed E-state index contributed by atoms with van der Waals surface area (Å²) in [7, 11) is -1.49. The van der Waals surface area contributed by atoms with Crippen LogP contribution in [0, 0.1) is 13.8 Å². The van der Waals surface area contributed by atoms with Crippen molar-refractivity contribution in [1.82, 2.24) is 24.5 Å². The molecule has 0 N–H and O–H groups in total. The molecule has 11 heteroatoms. The van der Waals surface area contributed by atoms with Crippen molar-refractivity contribution < 1.29 is 22.3 Å². The first-order valence-corrected chi connectivity index (χ1v) is 10.9. The molecule has 1 amide bonds. The van der Waals surface area contributed by atoms with E-state index in [1.54, 1.807) is 20.9 Å². The number of rotatable bonds is 6. The molecule has 0 radical (unpaired) electrons. The van der Waals surface area contributed by atoms with E-state index in [2.05, 4.69) is 15.3 Å². The molecule has 2 aromatic rings. The molecule has 0 atom stereocenters. The highest BCUT2D eigenvalue weighted by atomic mass is 32.2. The molecule has 0 bridgehead atoms. The smallest absolute Gasteiger partial charge is 0.246 e. The summed E-state index contributed by atoms with van der Waals surface area (Å²) in [5.74, 6) is 1.51. The number of aromatic nitrogens is 3. The minimum Gasteiger partial charge on any atom is -0.361 e. The van der Waals surface area contributed by atoms with Gasteiger partial charge in [0, 0.05) is 31.6 Å². The maximum absolute atomic E-state index is 12.5. The molecule has 0 unspecified atom stereocenters. The number of sulfonamides is 1. The molecule has 0 aromatic carbocycles. The minimum atomic E-state index is -3.17. The van der Waals surface area contributed by atoms with E-state index in [1.165, 1.54) is 15.5 Å². The highest BCUT2D eigenvalue weighted by Gasteiger charge is 2.29. The second-order valence-corrected chi connectivity index (χ2v) is 9.19. The molecular weight excluding hydrogens is 386 g/mol. The van der Waals surface area contributed by atoms with Crippen LogP contribution in [-0.2, 0) is 27.8 Å². The molecule has 3 rings (SSSR count). The van der Waals surface area contributed by atoms with Crippen LogP contribution in [0.1, 0.15) is 47.5 Å². The molecule has 0 aliphatic carbocycles. The van der Waals surface area contributed by atoms with Crippen LogP contribution in [0.25, 0.3) is 0 Å². The lowest BCUT2D eigenvalue weighted by Crippen LogP contribution is -2.37. The summed E-state index contributed by atoms with van der Waals surface area (Å²) in [4.78, 5) is 18.4. The number of hydrogen-bond acceptors (Lipinski definition) is 8. The number of likely N-dealkylation sites (N-methyl/N-ethyl adjacent to an activating group) is 1. The van der Waals surface area contributed by atoms with Gasteiger partial charge < -0.3 is 13.9 Å². The SMILES string of the molecule is Cc1noc(C)c1CC(=O)N(C)Cc1nc(C2CCN(S(C)(=O)=O)CC2)no1. The summed E-state index contributed by atoms with van der Waals surface area (Å²) in [6, 6.07) is 0. The summed E-state index contributed by atoms with van der Waals surface area (Å²) < 4.78 is 35.1. The Balaban J connectivity index is 1.56. The third kappa shape index (κ3) is 4.58. The van der Waals surface area contributed by atoms with Gasteiger partial charge in [-0.15, -0.1) is 0 Å². The van der Waals surface area contributed by atoms with E-state index in [9.17, 15) is 13.2 Å². The number of piperidine rings is 1. The lowest BCUT2D eigenvalue weighted by atomic mass is 9.98. The van der Waals surface area contributed by atoms with Gasteiger partial charge in [-0.05, 0) is 26.7 Å². The van der Waals surface area contributed by atoms with Crippen LogP contribution in [0.2, 0.25) is 0 Å². The average molecular weight is 411 g/mol. The van der Waals surface area contributed by atoms with Gasteiger partial charge in [0.1, 0.15) is 5.76 Å². The first-order valence-electron chi connectivity index (χ1n) is 9.08. The molecule has 0 spiro atoms. The largest absolute Gasteiger partial charge is 0.361 e. The van der Waals surface area contributed by atoms with Gasteiger partial charge in [-0.25, -0.2) is 12.7 Å². The van der Waals surface area contributed by atoms with E-state index in [-0.39, 0.29) is 24.8 Å². The van der Waals surface area contributed by atoms with Gasteiger partial charge in [0.15, 0.2) is 5.82 Å². The van der Waals surface area contributed by atoms with Gasteiger partial charge in [-0.1, -0.05) is 10.3 Å². The lowest BCUT2D eigenvalue weighted by Gasteiger charge is -2.28. The van der Waals surface area contributed by atoms with Crippen molar-refractivity contribution in [2.45, 2.75) is 45.6 Å². The number of carbonyl (C=O) groups excluding carboxylic acids is 1. The van der Waals surface area contributed by atoms with Gasteiger partial charge in [-0.3, -0.25) is 4.79 Å². The minimum absolute atomic E-state index is 0.0545. The fourth-order valence-corrected chi connectivity index (χ4v) is 4.15. The molecule has 10 nitrogen and oxygen atoms in total. The van der Waals surface area contributed by atoms with Crippen molar-refractivity contribution in [2.24, 2.45) is 0 Å². The Bertz CT molecular complexity index is 924. The van der Waals surface area contributed by atoms with Crippen LogP contribution >= 0.6 is 0 Å². The lowest BCUT2D eigenvalue weighted by molar-refractivity contribution is -0.130. The zero-order valence-electron chi connectivity index (χ0n) is 16.5. The van der Waals surface area contributed by atoms with E-state index in [0.717, 1.165) is 5.56 Å². The zero-order valence-corrected chi connectivity index (χ0v) is 17.3. The topological polar surface area (TPSA) is 123 Å². The quantitative estimate of drug-likeness (QED) is 0.690. The van der Waals surface area contributed by atoms with E-state index in [4.69, 9.17) is 9.05 Å². The molecule has 28 heavy (non-hydrogen) atoms. The monoisotopic (exact) mass is 411 g/mol. The van der Waals surface area contributed by atoms with Crippen LogP contribution in [0.5, 0.6) is 0 Å². The fourth-order valence-electron chi connectivity index (χ4n) is 3.28. The predicted octanol–water partition coefficient (Wildman–Crippen LogP) is 1.01. The van der Waals surface area contributed by atoms with Crippen LogP contribution in [0.4, 0.5) is 0 Å². The van der Waals surface area contributed by atoms with E-state index in [0.29, 0.717) is 49.1 Å². The predicted molar refractivity (Wildman–Crippen MR) is 98.8 cm³/mol. The Morgan fingerprint density at radius 1 is 1.21 bits per heavy atom. The molecule has 1 saturated heterocycles. The maximum Gasteiger partial charge on any atom is 0.246 e. The van der Waals surface area contributed by atoms with Crippen LogP contribution in [-0.4, -0.2) is 65.2 Å². The van der Waals surface area contributed by atoms with Crippen LogP contribution in [0.15, 0.2) is 9.05 Å². The summed E-state index contributed by atoms with van der Waals surface area (Å²) >= 11 is 0. The van der Waals surface area contributed by atoms with E-state index >= 15 is 0 Å².